The van der Waals surface area contributed by atoms with E-state index < -0.39 is 0 Å². The number of halogens is 1. The van der Waals surface area contributed by atoms with Gasteiger partial charge in [-0.25, -0.2) is 0 Å². The number of ether oxygens (including phenoxy) is 1. The van der Waals surface area contributed by atoms with E-state index in [1.807, 2.05) is 18.7 Å². The fourth-order valence-electron chi connectivity index (χ4n) is 1.91. The maximum atomic E-state index is 5.59. The third kappa shape index (κ3) is 4.07. The maximum Gasteiger partial charge on any atom is 0.0739 e. The second-order valence-electron chi connectivity index (χ2n) is 5.02. The number of nitrogens with one attached hydrogen (secondary N) is 1. The van der Waals surface area contributed by atoms with Crippen molar-refractivity contribution in [1.82, 2.24) is 15.1 Å². The fourth-order valence-corrected chi connectivity index (χ4v) is 2.39. The number of rotatable bonds is 8. The lowest BCUT2D eigenvalue weighted by Crippen LogP contribution is -2.18. The Labute approximate surface area is 117 Å². The summed E-state index contributed by atoms with van der Waals surface area (Å²) < 4.78 is 8.63. The molecule has 5 heteroatoms. The van der Waals surface area contributed by atoms with Gasteiger partial charge in [0.1, 0.15) is 0 Å². The van der Waals surface area contributed by atoms with Gasteiger partial charge in [-0.05, 0) is 54.6 Å². The monoisotopic (exact) mass is 315 g/mol. The summed E-state index contributed by atoms with van der Waals surface area (Å²) in [6, 6.07) is 0. The summed E-state index contributed by atoms with van der Waals surface area (Å²) in [7, 11) is 1.98. The van der Waals surface area contributed by atoms with Crippen molar-refractivity contribution in [1.29, 1.82) is 0 Å². The Morgan fingerprint density at radius 2 is 2.28 bits per heavy atom. The Hall–Kier alpha value is -0.390. The lowest BCUT2D eigenvalue weighted by atomic mass is 10.3. The van der Waals surface area contributed by atoms with E-state index in [1.165, 1.54) is 18.5 Å². The lowest BCUT2D eigenvalue weighted by Gasteiger charge is -2.06. The second kappa shape index (κ2) is 6.68. The number of nitrogens with zero attached hydrogens (tertiary/aromatic N) is 2. The molecule has 0 saturated heterocycles. The molecule has 4 nitrogen and oxygen atoms in total. The summed E-state index contributed by atoms with van der Waals surface area (Å²) in [5, 5.41) is 7.80. The Bertz CT molecular complexity index is 388. The summed E-state index contributed by atoms with van der Waals surface area (Å²) >= 11 is 3.57. The van der Waals surface area contributed by atoms with Crippen LogP contribution < -0.4 is 5.32 Å². The molecule has 1 aliphatic rings. The van der Waals surface area contributed by atoms with Crippen molar-refractivity contribution in [2.75, 3.05) is 19.8 Å². The molecule has 0 radical (unpaired) electrons. The summed E-state index contributed by atoms with van der Waals surface area (Å²) in [5.41, 5.74) is 2.24. The van der Waals surface area contributed by atoms with Gasteiger partial charge in [0.2, 0.25) is 0 Å². The average molecular weight is 316 g/mol. The van der Waals surface area contributed by atoms with Crippen molar-refractivity contribution in [2.45, 2.75) is 32.7 Å². The molecule has 1 aromatic rings. The molecule has 1 N–H and O–H groups in total. The molecule has 0 bridgehead atoms. The quantitative estimate of drug-likeness (QED) is 0.749. The van der Waals surface area contributed by atoms with Crippen LogP contribution in [-0.4, -0.2) is 29.5 Å². The van der Waals surface area contributed by atoms with Crippen molar-refractivity contribution in [3.8, 4) is 0 Å². The van der Waals surface area contributed by atoms with Crippen molar-refractivity contribution < 1.29 is 4.74 Å². The Morgan fingerprint density at radius 1 is 1.50 bits per heavy atom. The van der Waals surface area contributed by atoms with E-state index in [0.717, 1.165) is 48.8 Å². The molecular formula is C13H22BrN3O. The van der Waals surface area contributed by atoms with E-state index >= 15 is 0 Å². The molecule has 0 aliphatic heterocycles. The highest BCUT2D eigenvalue weighted by molar-refractivity contribution is 9.10. The zero-order valence-corrected chi connectivity index (χ0v) is 12.8. The minimum Gasteiger partial charge on any atom is -0.381 e. The van der Waals surface area contributed by atoms with Crippen LogP contribution in [0.2, 0.25) is 0 Å². The van der Waals surface area contributed by atoms with Gasteiger partial charge in [0.15, 0.2) is 0 Å². The van der Waals surface area contributed by atoms with Gasteiger partial charge in [-0.15, -0.1) is 0 Å². The van der Waals surface area contributed by atoms with E-state index in [0.29, 0.717) is 0 Å². The van der Waals surface area contributed by atoms with E-state index in [2.05, 4.69) is 26.3 Å². The van der Waals surface area contributed by atoms with Crippen LogP contribution in [0.5, 0.6) is 0 Å². The molecule has 1 aromatic heterocycles. The van der Waals surface area contributed by atoms with E-state index in [9.17, 15) is 0 Å². The summed E-state index contributed by atoms with van der Waals surface area (Å²) in [6.07, 6.45) is 3.80. The number of hydrogen-bond donors (Lipinski definition) is 1. The molecule has 1 fully saturated rings. The molecule has 0 aromatic carbocycles. The molecule has 2 rings (SSSR count). The molecule has 0 unspecified atom stereocenters. The zero-order chi connectivity index (χ0) is 13.0. The summed E-state index contributed by atoms with van der Waals surface area (Å²) in [5.74, 6) is 0.867. The van der Waals surface area contributed by atoms with E-state index in [4.69, 9.17) is 4.74 Å². The van der Waals surface area contributed by atoms with Crippen LogP contribution in [0, 0.1) is 12.8 Å². The fraction of sp³-hybridized carbons (Fsp3) is 0.769. The van der Waals surface area contributed by atoms with Gasteiger partial charge < -0.3 is 10.1 Å². The highest BCUT2D eigenvalue weighted by atomic mass is 79.9. The third-order valence-corrected chi connectivity index (χ3v) is 4.28. The highest BCUT2D eigenvalue weighted by Crippen LogP contribution is 2.28. The predicted molar refractivity (Wildman–Crippen MR) is 75.5 cm³/mol. The predicted octanol–water partition coefficient (Wildman–Crippen LogP) is 2.40. The van der Waals surface area contributed by atoms with E-state index in [1.54, 1.807) is 0 Å². The number of aromatic nitrogens is 2. The van der Waals surface area contributed by atoms with Crippen LogP contribution in [0.25, 0.3) is 0 Å². The molecule has 18 heavy (non-hydrogen) atoms. The van der Waals surface area contributed by atoms with Crippen LogP contribution in [0.15, 0.2) is 4.47 Å². The van der Waals surface area contributed by atoms with Crippen LogP contribution in [0.1, 0.15) is 30.7 Å². The first-order valence-corrected chi connectivity index (χ1v) is 7.44. The van der Waals surface area contributed by atoms with Crippen molar-refractivity contribution in [3.63, 3.8) is 0 Å². The van der Waals surface area contributed by atoms with Gasteiger partial charge in [0.05, 0.1) is 15.9 Å². The molecule has 1 aliphatic carbocycles. The first-order chi connectivity index (χ1) is 8.68. The van der Waals surface area contributed by atoms with Gasteiger partial charge in [-0.2, -0.15) is 5.10 Å². The molecular weight excluding hydrogens is 294 g/mol. The van der Waals surface area contributed by atoms with Gasteiger partial charge in [0, 0.05) is 26.8 Å². The summed E-state index contributed by atoms with van der Waals surface area (Å²) in [6.45, 7) is 5.68. The highest BCUT2D eigenvalue weighted by Gasteiger charge is 2.20. The average Bonchev–Trinajstić information content (AvgIpc) is 3.11. The largest absolute Gasteiger partial charge is 0.381 e. The van der Waals surface area contributed by atoms with E-state index in [-0.39, 0.29) is 0 Å². The smallest absolute Gasteiger partial charge is 0.0739 e. The topological polar surface area (TPSA) is 39.1 Å². The molecule has 0 atom stereocenters. The second-order valence-corrected chi connectivity index (χ2v) is 5.81. The Kier molecular flexibility index (Phi) is 5.21. The Morgan fingerprint density at radius 3 is 2.89 bits per heavy atom. The standard InChI is InChI=1S/C13H22BrN3O/c1-10-13(14)12(17(2)16-10)8-15-6-3-7-18-9-11-4-5-11/h11,15H,3-9H2,1-2H3. The van der Waals surface area contributed by atoms with Crippen molar-refractivity contribution >= 4 is 15.9 Å². The molecule has 1 saturated carbocycles. The minimum absolute atomic E-state index is 0.848. The van der Waals surface area contributed by atoms with Gasteiger partial charge in [-0.1, -0.05) is 0 Å². The molecule has 102 valence electrons. The molecule has 0 spiro atoms. The first kappa shape index (κ1) is 14.0. The minimum atomic E-state index is 0.848. The van der Waals surface area contributed by atoms with Crippen LogP contribution in [0.3, 0.4) is 0 Å². The SMILES string of the molecule is Cc1nn(C)c(CNCCCOCC2CC2)c1Br. The number of hydrogen-bond acceptors (Lipinski definition) is 3. The van der Waals surface area contributed by atoms with Gasteiger partial charge >= 0.3 is 0 Å². The molecule has 0 amide bonds. The van der Waals surface area contributed by atoms with Gasteiger partial charge in [0.25, 0.3) is 0 Å². The first-order valence-electron chi connectivity index (χ1n) is 6.65. The lowest BCUT2D eigenvalue weighted by molar-refractivity contribution is 0.122. The Balaban J connectivity index is 1.56. The summed E-state index contributed by atoms with van der Waals surface area (Å²) in [4.78, 5) is 0. The van der Waals surface area contributed by atoms with Crippen LogP contribution >= 0.6 is 15.9 Å². The maximum absolute atomic E-state index is 5.59. The van der Waals surface area contributed by atoms with Crippen LogP contribution in [0.4, 0.5) is 0 Å². The van der Waals surface area contributed by atoms with Crippen molar-refractivity contribution in [2.24, 2.45) is 13.0 Å². The normalized spacial score (nSPS) is 15.3. The van der Waals surface area contributed by atoms with Gasteiger partial charge in [-0.3, -0.25) is 4.68 Å². The third-order valence-electron chi connectivity index (χ3n) is 3.25. The number of aryl methyl sites for hydroxylation is 2. The van der Waals surface area contributed by atoms with Crippen molar-refractivity contribution in [3.05, 3.63) is 15.9 Å². The molecule has 1 heterocycles. The van der Waals surface area contributed by atoms with Crippen LogP contribution in [-0.2, 0) is 18.3 Å². The zero-order valence-electron chi connectivity index (χ0n) is 11.2.